The standard InChI is InChI=1S/C23H20ClF2N5O2S/c1-16(21-5-3-2-4-17(21)12-13-30-28-15-27-29-30)31(23-14-19(25)8-11-22(23)26)34(32,33)20-9-6-18(24)7-10-20/h2-11,14-16H,12-13H2,1H3/t16-/m1/s1. The zero-order chi connectivity index (χ0) is 24.3. The van der Waals surface area contributed by atoms with Crippen molar-refractivity contribution in [3.8, 4) is 0 Å². The van der Waals surface area contributed by atoms with Crippen molar-refractivity contribution in [2.24, 2.45) is 0 Å². The summed E-state index contributed by atoms with van der Waals surface area (Å²) in [5, 5.41) is 11.9. The van der Waals surface area contributed by atoms with E-state index in [0.717, 1.165) is 28.1 Å². The van der Waals surface area contributed by atoms with Gasteiger partial charge in [-0.2, -0.15) is 4.80 Å². The highest BCUT2D eigenvalue weighted by Crippen LogP contribution is 2.36. The SMILES string of the molecule is C[C@H](c1ccccc1CCn1ncnn1)N(c1cc(F)ccc1F)S(=O)(=O)c1ccc(Cl)cc1. The molecule has 1 aromatic heterocycles. The molecular formula is C23H20ClF2N5O2S. The topological polar surface area (TPSA) is 81.0 Å². The lowest BCUT2D eigenvalue weighted by molar-refractivity contribution is 0.519. The summed E-state index contributed by atoms with van der Waals surface area (Å²) < 4.78 is 57.4. The molecule has 4 aromatic rings. The van der Waals surface area contributed by atoms with Crippen LogP contribution in [0.1, 0.15) is 24.1 Å². The molecule has 0 aliphatic heterocycles. The zero-order valence-corrected chi connectivity index (χ0v) is 19.6. The molecule has 0 fully saturated rings. The first kappa shape index (κ1) is 23.8. The van der Waals surface area contributed by atoms with Crippen molar-refractivity contribution >= 4 is 27.3 Å². The molecule has 0 N–H and O–H groups in total. The van der Waals surface area contributed by atoms with Crippen molar-refractivity contribution in [2.75, 3.05) is 4.31 Å². The first-order valence-corrected chi connectivity index (χ1v) is 12.1. The van der Waals surface area contributed by atoms with Crippen LogP contribution in [0.4, 0.5) is 14.5 Å². The summed E-state index contributed by atoms with van der Waals surface area (Å²) in [6, 6.07) is 14.6. The van der Waals surface area contributed by atoms with Crippen LogP contribution in [0.3, 0.4) is 0 Å². The molecule has 34 heavy (non-hydrogen) atoms. The van der Waals surface area contributed by atoms with Crippen LogP contribution < -0.4 is 4.31 Å². The number of anilines is 1. The smallest absolute Gasteiger partial charge is 0.256 e. The minimum absolute atomic E-state index is 0.100. The number of nitrogens with zero attached hydrogens (tertiary/aromatic N) is 5. The highest BCUT2D eigenvalue weighted by atomic mass is 35.5. The molecule has 11 heteroatoms. The Bertz CT molecular complexity index is 1380. The number of tetrazole rings is 1. The number of aryl methyl sites for hydroxylation is 2. The van der Waals surface area contributed by atoms with Crippen LogP contribution in [0.5, 0.6) is 0 Å². The minimum atomic E-state index is -4.30. The summed E-state index contributed by atoms with van der Waals surface area (Å²) in [5.41, 5.74) is 1.04. The lowest BCUT2D eigenvalue weighted by Crippen LogP contribution is -2.35. The molecule has 0 bridgehead atoms. The Morgan fingerprint density at radius 3 is 2.50 bits per heavy atom. The van der Waals surface area contributed by atoms with Gasteiger partial charge in [0.15, 0.2) is 6.33 Å². The summed E-state index contributed by atoms with van der Waals surface area (Å²) in [6.45, 7) is 2.03. The van der Waals surface area contributed by atoms with Gasteiger partial charge in [-0.25, -0.2) is 17.2 Å². The van der Waals surface area contributed by atoms with Crippen LogP contribution in [0.25, 0.3) is 0 Å². The molecule has 0 unspecified atom stereocenters. The van der Waals surface area contributed by atoms with Crippen molar-refractivity contribution in [1.29, 1.82) is 0 Å². The lowest BCUT2D eigenvalue weighted by Gasteiger charge is -2.32. The van der Waals surface area contributed by atoms with Gasteiger partial charge >= 0.3 is 0 Å². The maximum absolute atomic E-state index is 14.9. The average Bonchev–Trinajstić information content (AvgIpc) is 3.34. The molecule has 3 aromatic carbocycles. The summed E-state index contributed by atoms with van der Waals surface area (Å²) in [4.78, 5) is 1.31. The largest absolute Gasteiger partial charge is 0.264 e. The number of rotatable bonds is 8. The van der Waals surface area contributed by atoms with Gasteiger partial charge in [0.1, 0.15) is 11.6 Å². The number of sulfonamides is 1. The normalized spacial score (nSPS) is 12.5. The van der Waals surface area contributed by atoms with Crippen molar-refractivity contribution in [2.45, 2.75) is 30.8 Å². The fourth-order valence-corrected chi connectivity index (χ4v) is 5.49. The molecule has 0 saturated carbocycles. The first-order valence-electron chi connectivity index (χ1n) is 10.3. The van der Waals surface area contributed by atoms with Gasteiger partial charge in [0, 0.05) is 11.1 Å². The maximum atomic E-state index is 14.9. The van der Waals surface area contributed by atoms with E-state index in [0.29, 0.717) is 23.6 Å². The first-order chi connectivity index (χ1) is 16.3. The number of hydrogen-bond acceptors (Lipinski definition) is 5. The summed E-state index contributed by atoms with van der Waals surface area (Å²) >= 11 is 5.93. The predicted molar refractivity (Wildman–Crippen MR) is 124 cm³/mol. The van der Waals surface area contributed by atoms with E-state index in [-0.39, 0.29) is 4.90 Å². The van der Waals surface area contributed by atoms with Crippen LogP contribution >= 0.6 is 11.6 Å². The molecule has 0 aliphatic rings. The second-order valence-electron chi connectivity index (χ2n) is 7.51. The Kier molecular flexibility index (Phi) is 6.90. The van der Waals surface area contributed by atoms with Crippen LogP contribution in [0.15, 0.2) is 78.0 Å². The van der Waals surface area contributed by atoms with E-state index < -0.39 is 33.4 Å². The number of benzene rings is 3. The molecule has 1 atom stereocenters. The van der Waals surface area contributed by atoms with E-state index in [4.69, 9.17) is 11.6 Å². The van der Waals surface area contributed by atoms with Crippen molar-refractivity contribution in [1.82, 2.24) is 20.2 Å². The van der Waals surface area contributed by atoms with E-state index in [2.05, 4.69) is 15.4 Å². The Hall–Kier alpha value is -3.37. The van der Waals surface area contributed by atoms with Gasteiger partial charge in [-0.1, -0.05) is 35.9 Å². The molecule has 0 aliphatic carbocycles. The molecule has 0 saturated heterocycles. The third kappa shape index (κ3) is 4.92. The molecular weight excluding hydrogens is 484 g/mol. The molecule has 7 nitrogen and oxygen atoms in total. The van der Waals surface area contributed by atoms with E-state index in [1.165, 1.54) is 35.4 Å². The Labute approximate surface area is 200 Å². The van der Waals surface area contributed by atoms with Crippen LogP contribution in [0.2, 0.25) is 5.02 Å². The Morgan fingerprint density at radius 1 is 1.06 bits per heavy atom. The van der Waals surface area contributed by atoms with Gasteiger partial charge in [-0.05, 0) is 66.1 Å². The van der Waals surface area contributed by atoms with Gasteiger partial charge in [-0.3, -0.25) is 4.31 Å². The summed E-state index contributed by atoms with van der Waals surface area (Å²) in [6.07, 6.45) is 1.79. The molecule has 4 rings (SSSR count). The van der Waals surface area contributed by atoms with Gasteiger partial charge < -0.3 is 0 Å². The van der Waals surface area contributed by atoms with Crippen LogP contribution in [0, 0.1) is 11.6 Å². The number of hydrogen-bond donors (Lipinski definition) is 0. The Balaban J connectivity index is 1.81. The second-order valence-corrected chi connectivity index (χ2v) is 9.76. The molecule has 1 heterocycles. The predicted octanol–water partition coefficient (Wildman–Crippen LogP) is 4.80. The molecule has 0 amide bonds. The summed E-state index contributed by atoms with van der Waals surface area (Å²) in [7, 11) is -4.30. The molecule has 0 spiro atoms. The molecule has 176 valence electrons. The van der Waals surface area contributed by atoms with Gasteiger partial charge in [0.2, 0.25) is 0 Å². The highest BCUT2D eigenvalue weighted by Gasteiger charge is 2.33. The van der Waals surface area contributed by atoms with Crippen LogP contribution in [-0.4, -0.2) is 28.6 Å². The third-order valence-electron chi connectivity index (χ3n) is 5.35. The Morgan fingerprint density at radius 2 is 1.79 bits per heavy atom. The van der Waals surface area contributed by atoms with E-state index in [1.807, 2.05) is 12.1 Å². The molecule has 0 radical (unpaired) electrons. The van der Waals surface area contributed by atoms with E-state index >= 15 is 0 Å². The van der Waals surface area contributed by atoms with E-state index in [1.54, 1.807) is 19.1 Å². The van der Waals surface area contributed by atoms with Crippen LogP contribution in [-0.2, 0) is 23.0 Å². The fraction of sp³-hybridized carbons (Fsp3) is 0.174. The summed E-state index contributed by atoms with van der Waals surface area (Å²) in [5.74, 6) is -1.62. The van der Waals surface area contributed by atoms with Gasteiger partial charge in [0.25, 0.3) is 10.0 Å². The number of halogens is 3. The second kappa shape index (κ2) is 9.86. The maximum Gasteiger partial charge on any atom is 0.264 e. The van der Waals surface area contributed by atoms with Gasteiger partial charge in [-0.15, -0.1) is 10.2 Å². The number of aromatic nitrogens is 4. The average molecular weight is 504 g/mol. The highest BCUT2D eigenvalue weighted by molar-refractivity contribution is 7.92. The van der Waals surface area contributed by atoms with E-state index in [9.17, 15) is 17.2 Å². The van der Waals surface area contributed by atoms with Crippen molar-refractivity contribution in [3.05, 3.63) is 101 Å². The monoisotopic (exact) mass is 503 g/mol. The zero-order valence-electron chi connectivity index (χ0n) is 18.0. The van der Waals surface area contributed by atoms with Gasteiger partial charge in [0.05, 0.1) is 23.2 Å². The third-order valence-corrected chi connectivity index (χ3v) is 7.50. The fourth-order valence-electron chi connectivity index (χ4n) is 3.73. The quantitative estimate of drug-likeness (QED) is 0.345. The lowest BCUT2D eigenvalue weighted by atomic mass is 9.98. The van der Waals surface area contributed by atoms with Crippen molar-refractivity contribution < 1.29 is 17.2 Å². The minimum Gasteiger partial charge on any atom is -0.256 e. The van der Waals surface area contributed by atoms with Crippen molar-refractivity contribution in [3.63, 3.8) is 0 Å².